The van der Waals surface area contributed by atoms with Gasteiger partial charge in [0.2, 0.25) is 10.0 Å². The van der Waals surface area contributed by atoms with Crippen LogP contribution in [0.25, 0.3) is 0 Å². The number of carboxylic acid groups (broad SMARTS) is 2. The first-order chi connectivity index (χ1) is 12.3. The van der Waals surface area contributed by atoms with E-state index in [0.717, 1.165) is 0 Å². The second-order valence-corrected chi connectivity index (χ2v) is 13.6. The number of aliphatic carboxylic acids is 2. The summed E-state index contributed by atoms with van der Waals surface area (Å²) in [6.07, 6.45) is -2.84. The summed E-state index contributed by atoms with van der Waals surface area (Å²) in [6.45, 7) is 0. The molecular weight excluding hydrogens is 492 g/mol. The lowest BCUT2D eigenvalue weighted by Crippen LogP contribution is -2.51. The molecule has 0 aromatic heterocycles. The van der Waals surface area contributed by atoms with E-state index >= 15 is 0 Å². The summed E-state index contributed by atoms with van der Waals surface area (Å²) in [5, 5.41) is 7.79. The van der Waals surface area contributed by atoms with E-state index in [2.05, 4.69) is 0 Å². The lowest BCUT2D eigenvalue weighted by molar-refractivity contribution is -0.143. The Morgan fingerprint density at radius 3 is 0.862 bits per heavy atom. The molecule has 0 aliphatic rings. The lowest BCUT2D eigenvalue weighted by atomic mass is 10.3. The molecule has 0 unspecified atom stereocenters. The van der Waals surface area contributed by atoms with E-state index in [1.807, 2.05) is 0 Å². The van der Waals surface area contributed by atoms with Crippen LogP contribution in [0.4, 0.5) is 0 Å². The highest BCUT2D eigenvalue weighted by molar-refractivity contribution is 7.74. The van der Waals surface area contributed by atoms with Gasteiger partial charge >= 0.3 is 42.3 Å². The van der Waals surface area contributed by atoms with Gasteiger partial charge in [-0.25, -0.2) is 0 Å². The van der Waals surface area contributed by atoms with Crippen molar-refractivity contribution in [1.29, 1.82) is 0 Å². The Labute approximate surface area is 161 Å². The second kappa shape index (κ2) is 9.73. The van der Waals surface area contributed by atoms with Crippen molar-refractivity contribution in [1.82, 2.24) is 0 Å². The molecule has 0 amide bonds. The molecule has 0 aromatic rings. The summed E-state index contributed by atoms with van der Waals surface area (Å²) in [7, 11) is -24.0. The van der Waals surface area contributed by atoms with Crippen LogP contribution in [0.5, 0.6) is 0 Å². The van der Waals surface area contributed by atoms with E-state index in [9.17, 15) is 27.8 Å². The van der Waals surface area contributed by atoms with Crippen molar-refractivity contribution in [2.75, 3.05) is 0 Å². The highest BCUT2D eigenvalue weighted by Gasteiger charge is 2.68. The van der Waals surface area contributed by atoms with E-state index in [0.29, 0.717) is 0 Å². The van der Waals surface area contributed by atoms with Gasteiger partial charge in [-0.2, -0.15) is 0 Å². The molecule has 0 aromatic carbocycles. The average Bonchev–Trinajstić information content (AvgIpc) is 2.40. The molecule has 0 saturated heterocycles. The SMILES string of the molecule is NC(CC(N)(P(=O)(O)O)P(=O)(O)O)(P(=O)(O)O)P(=O)(O)O.O=C(O)CCC(=O)O. The minimum absolute atomic E-state index is 0.296. The third-order valence-electron chi connectivity index (χ3n) is 3.09. The molecule has 0 bridgehead atoms. The van der Waals surface area contributed by atoms with Gasteiger partial charge in [0.05, 0.1) is 12.8 Å². The van der Waals surface area contributed by atoms with Crippen LogP contribution in [0, 0.1) is 0 Å². The van der Waals surface area contributed by atoms with Crippen molar-refractivity contribution in [2.45, 2.75) is 29.3 Å². The van der Waals surface area contributed by atoms with Gasteiger partial charge in [0, 0.05) is 6.42 Å². The fourth-order valence-corrected chi connectivity index (χ4v) is 6.38. The predicted molar refractivity (Wildman–Crippen MR) is 91.1 cm³/mol. The number of carboxylic acids is 2. The fourth-order valence-electron chi connectivity index (χ4n) is 1.35. The Morgan fingerprint density at radius 1 is 0.586 bits per heavy atom. The van der Waals surface area contributed by atoms with Crippen LogP contribution in [-0.4, -0.2) is 71.3 Å². The van der Waals surface area contributed by atoms with Crippen LogP contribution in [0.3, 0.4) is 0 Å². The highest BCUT2D eigenvalue weighted by atomic mass is 31.2. The van der Waals surface area contributed by atoms with Crippen molar-refractivity contribution in [3.63, 3.8) is 0 Å². The summed E-state index contributed by atoms with van der Waals surface area (Å²) >= 11 is 0. The molecule has 0 aliphatic carbocycles. The molecule has 0 atom stereocenters. The van der Waals surface area contributed by atoms with Crippen molar-refractivity contribution < 1.29 is 77.2 Å². The zero-order valence-electron chi connectivity index (χ0n) is 14.0. The molecule has 0 heterocycles. The normalized spacial score (nSPS) is 14.0. The minimum atomic E-state index is -6.00. The third-order valence-corrected chi connectivity index (χ3v) is 10.9. The van der Waals surface area contributed by atoms with Crippen LogP contribution < -0.4 is 11.5 Å². The molecule has 18 nitrogen and oxygen atoms in total. The Hall–Kier alpha value is -0.540. The van der Waals surface area contributed by atoms with Gasteiger partial charge in [-0.05, 0) is 0 Å². The molecule has 0 aliphatic heterocycles. The van der Waals surface area contributed by atoms with Gasteiger partial charge in [-0.15, -0.1) is 0 Å². The standard InChI is InChI=1S/C4H6O4.C3H14N2O12P4/c5-3(6)1-2-4(7)8;4-2(18(6,7)8,19(9,10)11)1-3(5,20(12,13)14)21(15,16)17/h1-2H2,(H,5,6)(H,7,8);1,4-5H2,(H2,6,7,8)(H2,9,10,11)(H2,12,13,14)(H2,15,16,17). The first kappa shape index (κ1) is 30.7. The number of hydrogen-bond donors (Lipinski definition) is 12. The number of rotatable bonds is 9. The molecule has 0 fully saturated rings. The Morgan fingerprint density at radius 2 is 0.759 bits per heavy atom. The van der Waals surface area contributed by atoms with Crippen LogP contribution in [0.2, 0.25) is 0 Å². The third kappa shape index (κ3) is 8.25. The molecule has 22 heteroatoms. The van der Waals surface area contributed by atoms with Crippen LogP contribution in [0.15, 0.2) is 0 Å². The Bertz CT molecular complexity index is 690. The van der Waals surface area contributed by atoms with Gasteiger partial charge in [0.25, 0.3) is 0 Å². The molecule has 0 spiro atoms. The maximum Gasteiger partial charge on any atom is 0.357 e. The molecule has 14 N–H and O–H groups in total. The van der Waals surface area contributed by atoms with Crippen molar-refractivity contribution in [2.24, 2.45) is 11.5 Å². The van der Waals surface area contributed by atoms with Gasteiger partial charge in [-0.3, -0.25) is 27.8 Å². The molecule has 0 radical (unpaired) electrons. The monoisotopic (exact) mass is 512 g/mol. The molecule has 29 heavy (non-hydrogen) atoms. The predicted octanol–water partition coefficient (Wildman–Crippen LogP) is -2.75. The van der Waals surface area contributed by atoms with Gasteiger partial charge in [-0.1, -0.05) is 0 Å². The van der Waals surface area contributed by atoms with Crippen LogP contribution in [0.1, 0.15) is 19.3 Å². The first-order valence-corrected chi connectivity index (χ1v) is 13.0. The van der Waals surface area contributed by atoms with E-state index < -0.39 is 58.8 Å². The largest absolute Gasteiger partial charge is 0.481 e. The maximum atomic E-state index is 11.1. The highest BCUT2D eigenvalue weighted by Crippen LogP contribution is 2.75. The summed E-state index contributed by atoms with van der Waals surface area (Å²) in [5.74, 6) is -2.15. The topological polar surface area (TPSA) is 357 Å². The van der Waals surface area contributed by atoms with Gasteiger partial charge < -0.3 is 60.8 Å². The van der Waals surface area contributed by atoms with Gasteiger partial charge in [0.1, 0.15) is 0 Å². The Balaban J connectivity index is 0. The Kier molecular flexibility index (Phi) is 10.3. The minimum Gasteiger partial charge on any atom is -0.481 e. The number of carbonyl (C=O) groups is 2. The van der Waals surface area contributed by atoms with E-state index in [-0.39, 0.29) is 12.8 Å². The summed E-state index contributed by atoms with van der Waals surface area (Å²) in [5.41, 5.74) is 9.68. The maximum absolute atomic E-state index is 11.1. The average molecular weight is 512 g/mol. The molecule has 0 saturated carbocycles. The lowest BCUT2D eigenvalue weighted by Gasteiger charge is -2.38. The number of hydrogen-bond acceptors (Lipinski definition) is 8. The summed E-state index contributed by atoms with van der Waals surface area (Å²) < 4.78 is 44.6. The summed E-state index contributed by atoms with van der Waals surface area (Å²) in [4.78, 5) is 90.5. The summed E-state index contributed by atoms with van der Waals surface area (Å²) in [6, 6.07) is 0. The second-order valence-electron chi connectivity index (χ2n) is 5.40. The van der Waals surface area contributed by atoms with Crippen LogP contribution >= 0.6 is 30.4 Å². The zero-order chi connectivity index (χ0) is 24.3. The van der Waals surface area contributed by atoms with Crippen molar-refractivity contribution in [3.05, 3.63) is 0 Å². The van der Waals surface area contributed by atoms with E-state index in [1.165, 1.54) is 0 Å². The van der Waals surface area contributed by atoms with Crippen LogP contribution in [-0.2, 0) is 27.8 Å². The van der Waals surface area contributed by atoms with Crippen molar-refractivity contribution >= 4 is 42.3 Å². The fraction of sp³-hybridized carbons (Fsp3) is 0.714. The van der Waals surface area contributed by atoms with E-state index in [4.69, 9.17) is 60.8 Å². The molecule has 174 valence electrons. The number of nitrogens with two attached hydrogens (primary N) is 2. The zero-order valence-corrected chi connectivity index (χ0v) is 17.6. The van der Waals surface area contributed by atoms with E-state index in [1.54, 1.807) is 0 Å². The van der Waals surface area contributed by atoms with Gasteiger partial charge in [0.15, 0.2) is 0 Å². The van der Waals surface area contributed by atoms with Crippen molar-refractivity contribution in [3.8, 4) is 0 Å². The molecule has 0 rings (SSSR count). The quantitative estimate of drug-likeness (QED) is 0.139. The first-order valence-electron chi connectivity index (χ1n) is 6.57. The molecular formula is C7H20N2O16P4. The smallest absolute Gasteiger partial charge is 0.357 e.